The van der Waals surface area contributed by atoms with Crippen LogP contribution in [0.25, 0.3) is 0 Å². The van der Waals surface area contributed by atoms with Crippen molar-refractivity contribution in [2.24, 2.45) is 23.2 Å². The monoisotopic (exact) mass is 206 g/mol. The molecule has 2 bridgehead atoms. The first-order chi connectivity index (χ1) is 7.01. The van der Waals surface area contributed by atoms with Crippen LogP contribution in [0.5, 0.6) is 0 Å². The maximum Gasteiger partial charge on any atom is 0.152 e. The average molecular weight is 206 g/mol. The molecule has 0 amide bonds. The van der Waals surface area contributed by atoms with E-state index >= 15 is 0 Å². The molecule has 1 nitrogen and oxygen atoms in total. The summed E-state index contributed by atoms with van der Waals surface area (Å²) in [5.74, 6) is 2.86. The first-order valence-electron chi connectivity index (χ1n) is 6.19. The van der Waals surface area contributed by atoms with Crippen LogP contribution in [0, 0.1) is 23.2 Å². The van der Waals surface area contributed by atoms with Gasteiger partial charge in [0.1, 0.15) is 0 Å². The molecule has 2 rings (SSSR count). The summed E-state index contributed by atoms with van der Waals surface area (Å²) in [5.41, 5.74) is 0.504. The van der Waals surface area contributed by atoms with Gasteiger partial charge in [-0.2, -0.15) is 0 Å². The Morgan fingerprint density at radius 3 is 2.67 bits per heavy atom. The lowest BCUT2D eigenvalue weighted by Gasteiger charge is -2.37. The van der Waals surface area contributed by atoms with Crippen LogP contribution in [0.1, 0.15) is 46.5 Å². The topological polar surface area (TPSA) is 17.1 Å². The second kappa shape index (κ2) is 3.77. The second-order valence-corrected chi connectivity index (χ2v) is 5.95. The fourth-order valence-corrected chi connectivity index (χ4v) is 3.84. The third-order valence-electron chi connectivity index (χ3n) is 4.79. The third kappa shape index (κ3) is 1.89. The van der Waals surface area contributed by atoms with E-state index in [1.165, 1.54) is 19.3 Å². The minimum absolute atomic E-state index is 0.177. The Labute approximate surface area is 92.9 Å². The number of hydrogen-bond donors (Lipinski definition) is 0. The third-order valence-corrected chi connectivity index (χ3v) is 4.79. The van der Waals surface area contributed by atoms with Gasteiger partial charge in [-0.3, -0.25) is 4.79 Å². The molecule has 3 unspecified atom stereocenters. The van der Waals surface area contributed by atoms with Gasteiger partial charge in [-0.25, -0.2) is 0 Å². The van der Waals surface area contributed by atoms with E-state index < -0.39 is 0 Å². The Bertz CT molecular complexity index is 288. The summed E-state index contributed by atoms with van der Waals surface area (Å²) in [6, 6.07) is 0. The molecule has 0 N–H and O–H groups in total. The van der Waals surface area contributed by atoms with Crippen molar-refractivity contribution >= 4 is 5.78 Å². The van der Waals surface area contributed by atoms with Gasteiger partial charge in [-0.05, 0) is 61.9 Å². The summed E-state index contributed by atoms with van der Waals surface area (Å²) in [4.78, 5) is 10.9. The lowest BCUT2D eigenvalue weighted by molar-refractivity contribution is -0.112. The molecule has 0 aromatic rings. The maximum atomic E-state index is 10.9. The van der Waals surface area contributed by atoms with Gasteiger partial charge in [0.2, 0.25) is 0 Å². The van der Waals surface area contributed by atoms with Crippen LogP contribution in [0.4, 0.5) is 0 Å². The van der Waals surface area contributed by atoms with Gasteiger partial charge in [0.25, 0.3) is 0 Å². The predicted octanol–water partition coefficient (Wildman–Crippen LogP) is 3.59. The summed E-state index contributed by atoms with van der Waals surface area (Å²) in [5, 5.41) is 0. The molecule has 0 heterocycles. The molecule has 0 aliphatic heterocycles. The predicted molar refractivity (Wildman–Crippen MR) is 62.5 cm³/mol. The van der Waals surface area contributed by atoms with Gasteiger partial charge in [-0.1, -0.05) is 19.9 Å². The van der Waals surface area contributed by atoms with Gasteiger partial charge in [0.05, 0.1) is 0 Å². The SMILES string of the molecule is CC(=O)/C=C/CC1C2CCC(C2)C1(C)C. The van der Waals surface area contributed by atoms with Crippen LogP contribution in [0.3, 0.4) is 0 Å². The second-order valence-electron chi connectivity index (χ2n) is 5.95. The Morgan fingerprint density at radius 1 is 1.40 bits per heavy atom. The highest BCUT2D eigenvalue weighted by Gasteiger charge is 2.51. The molecule has 2 fully saturated rings. The molecule has 0 spiro atoms. The van der Waals surface area contributed by atoms with Crippen molar-refractivity contribution in [1.29, 1.82) is 0 Å². The van der Waals surface area contributed by atoms with Crippen molar-refractivity contribution in [2.75, 3.05) is 0 Å². The zero-order valence-electron chi connectivity index (χ0n) is 10.1. The first-order valence-corrected chi connectivity index (χ1v) is 6.19. The van der Waals surface area contributed by atoms with E-state index in [4.69, 9.17) is 0 Å². The zero-order valence-corrected chi connectivity index (χ0v) is 10.1. The number of hydrogen-bond acceptors (Lipinski definition) is 1. The summed E-state index contributed by atoms with van der Waals surface area (Å²) in [6.45, 7) is 6.47. The lowest BCUT2D eigenvalue weighted by atomic mass is 9.67. The number of carbonyl (C=O) groups excluding carboxylic acids is 1. The van der Waals surface area contributed by atoms with Crippen molar-refractivity contribution in [1.82, 2.24) is 0 Å². The van der Waals surface area contributed by atoms with Crippen LogP contribution in [0.15, 0.2) is 12.2 Å². The van der Waals surface area contributed by atoms with Gasteiger partial charge in [0.15, 0.2) is 5.78 Å². The first kappa shape index (κ1) is 10.9. The molecule has 2 aliphatic rings. The molecule has 0 saturated heterocycles. The van der Waals surface area contributed by atoms with E-state index in [-0.39, 0.29) is 5.78 Å². The molecule has 0 aromatic carbocycles. The Hall–Kier alpha value is -0.590. The highest BCUT2D eigenvalue weighted by molar-refractivity contribution is 5.87. The number of carbonyl (C=O) groups is 1. The molecule has 84 valence electrons. The fourth-order valence-electron chi connectivity index (χ4n) is 3.84. The average Bonchev–Trinajstić information content (AvgIpc) is 2.66. The van der Waals surface area contributed by atoms with Crippen LogP contribution in [0.2, 0.25) is 0 Å². The molecule has 2 saturated carbocycles. The van der Waals surface area contributed by atoms with Crippen molar-refractivity contribution in [3.8, 4) is 0 Å². The number of ketones is 1. The highest BCUT2D eigenvalue weighted by Crippen LogP contribution is 2.60. The van der Waals surface area contributed by atoms with E-state index in [9.17, 15) is 4.79 Å². The molecular weight excluding hydrogens is 184 g/mol. The van der Waals surface area contributed by atoms with Gasteiger partial charge < -0.3 is 0 Å². The fraction of sp³-hybridized carbons (Fsp3) is 0.786. The van der Waals surface area contributed by atoms with Gasteiger partial charge in [-0.15, -0.1) is 0 Å². The van der Waals surface area contributed by atoms with E-state index in [0.717, 1.165) is 24.2 Å². The maximum absolute atomic E-state index is 10.9. The number of fused-ring (bicyclic) bond motifs is 2. The quantitative estimate of drug-likeness (QED) is 0.645. The van der Waals surface area contributed by atoms with Crippen LogP contribution >= 0.6 is 0 Å². The van der Waals surface area contributed by atoms with Crippen molar-refractivity contribution in [2.45, 2.75) is 46.5 Å². The molecule has 1 heteroatoms. The molecular formula is C14H22O. The summed E-state index contributed by atoms with van der Waals surface area (Å²) >= 11 is 0. The molecule has 2 aliphatic carbocycles. The smallest absolute Gasteiger partial charge is 0.152 e. The van der Waals surface area contributed by atoms with Gasteiger partial charge >= 0.3 is 0 Å². The highest BCUT2D eigenvalue weighted by atomic mass is 16.1. The Balaban J connectivity index is 2.00. The van der Waals surface area contributed by atoms with Gasteiger partial charge in [0, 0.05) is 0 Å². The summed E-state index contributed by atoms with van der Waals surface area (Å²) < 4.78 is 0. The van der Waals surface area contributed by atoms with Crippen molar-refractivity contribution in [3.63, 3.8) is 0 Å². The summed E-state index contributed by atoms with van der Waals surface area (Å²) in [7, 11) is 0. The zero-order chi connectivity index (χ0) is 11.1. The van der Waals surface area contributed by atoms with Crippen LogP contribution < -0.4 is 0 Å². The van der Waals surface area contributed by atoms with Crippen LogP contribution in [-0.2, 0) is 4.79 Å². The Kier molecular flexibility index (Phi) is 2.74. The number of rotatable bonds is 3. The molecule has 0 aromatic heterocycles. The lowest BCUT2D eigenvalue weighted by Crippen LogP contribution is -2.30. The summed E-state index contributed by atoms with van der Waals surface area (Å²) in [6.07, 6.45) is 9.23. The van der Waals surface area contributed by atoms with E-state index in [1.807, 2.05) is 0 Å². The van der Waals surface area contributed by atoms with E-state index in [2.05, 4.69) is 19.9 Å². The normalized spacial score (nSPS) is 37.7. The largest absolute Gasteiger partial charge is 0.295 e. The standard InChI is InChI=1S/C14H22O/c1-10(15)5-4-6-13-11-7-8-12(9-11)14(13,2)3/h4-5,11-13H,6-9H2,1-3H3/b5-4+. The molecule has 0 radical (unpaired) electrons. The Morgan fingerprint density at radius 2 is 2.13 bits per heavy atom. The number of allylic oxidation sites excluding steroid dienone is 2. The minimum atomic E-state index is 0.177. The van der Waals surface area contributed by atoms with Crippen LogP contribution in [-0.4, -0.2) is 5.78 Å². The van der Waals surface area contributed by atoms with Crippen molar-refractivity contribution < 1.29 is 4.79 Å². The molecule has 15 heavy (non-hydrogen) atoms. The van der Waals surface area contributed by atoms with E-state index in [0.29, 0.717) is 5.41 Å². The van der Waals surface area contributed by atoms with Crippen molar-refractivity contribution in [3.05, 3.63) is 12.2 Å². The van der Waals surface area contributed by atoms with E-state index in [1.54, 1.807) is 13.0 Å². The molecule has 3 atom stereocenters. The minimum Gasteiger partial charge on any atom is -0.295 e.